The lowest BCUT2D eigenvalue weighted by Gasteiger charge is -2.23. The maximum atomic E-state index is 12.1. The molecule has 1 heterocycles. The molecule has 4 nitrogen and oxygen atoms in total. The van der Waals surface area contributed by atoms with Crippen molar-refractivity contribution in [2.75, 3.05) is 13.1 Å². The van der Waals surface area contributed by atoms with Crippen molar-refractivity contribution in [2.24, 2.45) is 0 Å². The van der Waals surface area contributed by atoms with E-state index in [4.69, 9.17) is 23.2 Å². The van der Waals surface area contributed by atoms with Gasteiger partial charge in [0.05, 0.1) is 14.9 Å². The van der Waals surface area contributed by atoms with E-state index in [1.165, 1.54) is 18.2 Å². The highest BCUT2D eigenvalue weighted by Crippen LogP contribution is 2.25. The molecule has 0 atom stereocenters. The fourth-order valence-electron chi connectivity index (χ4n) is 1.87. The summed E-state index contributed by atoms with van der Waals surface area (Å²) in [6, 6.07) is 4.29. The Labute approximate surface area is 129 Å². The number of piperidine rings is 1. The Balaban J connectivity index is 0.00000180. The lowest BCUT2D eigenvalue weighted by atomic mass is 10.1. The second-order valence-corrected chi connectivity index (χ2v) is 6.75. The third-order valence-electron chi connectivity index (χ3n) is 2.86. The monoisotopic (exact) mass is 344 g/mol. The molecule has 0 spiro atoms. The van der Waals surface area contributed by atoms with Gasteiger partial charge in [-0.2, -0.15) is 0 Å². The van der Waals surface area contributed by atoms with Crippen LogP contribution in [0.5, 0.6) is 0 Å². The van der Waals surface area contributed by atoms with E-state index in [-0.39, 0.29) is 28.4 Å². The van der Waals surface area contributed by atoms with Gasteiger partial charge in [-0.1, -0.05) is 23.2 Å². The van der Waals surface area contributed by atoms with Gasteiger partial charge in [0.1, 0.15) is 0 Å². The van der Waals surface area contributed by atoms with Gasteiger partial charge in [0, 0.05) is 6.04 Å². The highest BCUT2D eigenvalue weighted by Gasteiger charge is 2.22. The summed E-state index contributed by atoms with van der Waals surface area (Å²) in [7, 11) is -3.52. The van der Waals surface area contributed by atoms with Crippen LogP contribution in [-0.2, 0) is 10.0 Å². The van der Waals surface area contributed by atoms with E-state index in [0.29, 0.717) is 5.02 Å². The van der Waals surface area contributed by atoms with Crippen molar-refractivity contribution < 1.29 is 8.42 Å². The summed E-state index contributed by atoms with van der Waals surface area (Å²) in [5, 5.41) is 3.77. The number of halogens is 3. The van der Waals surface area contributed by atoms with E-state index < -0.39 is 10.0 Å². The normalized spacial score (nSPS) is 16.9. The minimum atomic E-state index is -3.52. The average Bonchev–Trinajstić information content (AvgIpc) is 2.33. The van der Waals surface area contributed by atoms with Crippen LogP contribution in [0.2, 0.25) is 10.0 Å². The highest BCUT2D eigenvalue weighted by atomic mass is 35.5. The Morgan fingerprint density at radius 1 is 1.16 bits per heavy atom. The zero-order valence-corrected chi connectivity index (χ0v) is 13.2. The van der Waals surface area contributed by atoms with Crippen molar-refractivity contribution in [3.63, 3.8) is 0 Å². The van der Waals surface area contributed by atoms with Gasteiger partial charge in [0.15, 0.2) is 0 Å². The van der Waals surface area contributed by atoms with Gasteiger partial charge in [-0.25, -0.2) is 13.1 Å². The fraction of sp³-hybridized carbons (Fsp3) is 0.455. The Hall–Kier alpha value is -0.0400. The standard InChI is InChI=1S/C11H14Cl2N2O2S.ClH/c12-10-2-1-9(7-11(10)13)18(16,17)15-8-3-5-14-6-4-8;/h1-2,7-8,14-15H,3-6H2;1H. The van der Waals surface area contributed by atoms with Crippen molar-refractivity contribution in [1.29, 1.82) is 0 Å². The van der Waals surface area contributed by atoms with Crippen molar-refractivity contribution >= 4 is 45.6 Å². The van der Waals surface area contributed by atoms with Crippen molar-refractivity contribution in [2.45, 2.75) is 23.8 Å². The van der Waals surface area contributed by atoms with Crippen molar-refractivity contribution in [1.82, 2.24) is 10.0 Å². The van der Waals surface area contributed by atoms with Crippen LogP contribution in [0, 0.1) is 0 Å². The first-order valence-electron chi connectivity index (χ1n) is 5.67. The van der Waals surface area contributed by atoms with E-state index in [1.807, 2.05) is 0 Å². The molecule has 8 heteroatoms. The van der Waals surface area contributed by atoms with Gasteiger partial charge >= 0.3 is 0 Å². The van der Waals surface area contributed by atoms with Crippen LogP contribution in [-0.4, -0.2) is 27.5 Å². The molecule has 0 aliphatic carbocycles. The van der Waals surface area contributed by atoms with Crippen LogP contribution in [0.4, 0.5) is 0 Å². The first-order valence-corrected chi connectivity index (χ1v) is 7.91. The smallest absolute Gasteiger partial charge is 0.240 e. The Kier molecular flexibility index (Phi) is 6.36. The summed E-state index contributed by atoms with van der Waals surface area (Å²) < 4.78 is 27.0. The molecular weight excluding hydrogens is 331 g/mol. The lowest BCUT2D eigenvalue weighted by molar-refractivity contribution is 0.427. The summed E-state index contributed by atoms with van der Waals surface area (Å²) in [4.78, 5) is 0.149. The van der Waals surface area contributed by atoms with Crippen LogP contribution >= 0.6 is 35.6 Å². The van der Waals surface area contributed by atoms with Gasteiger partial charge in [0.2, 0.25) is 10.0 Å². The SMILES string of the molecule is Cl.O=S(=O)(NC1CCNCC1)c1ccc(Cl)c(Cl)c1. The Morgan fingerprint density at radius 2 is 1.79 bits per heavy atom. The molecule has 19 heavy (non-hydrogen) atoms. The molecular formula is C11H15Cl3N2O2S. The molecule has 1 aromatic rings. The molecule has 0 unspecified atom stereocenters. The van der Waals surface area contributed by atoms with Gasteiger partial charge in [-0.15, -0.1) is 12.4 Å². The van der Waals surface area contributed by atoms with Crippen LogP contribution in [0.15, 0.2) is 23.1 Å². The summed E-state index contributed by atoms with van der Waals surface area (Å²) in [5.41, 5.74) is 0. The molecule has 2 N–H and O–H groups in total. The molecule has 2 rings (SSSR count). The van der Waals surface area contributed by atoms with E-state index in [1.54, 1.807) is 0 Å². The van der Waals surface area contributed by atoms with Crippen LogP contribution < -0.4 is 10.0 Å². The number of hydrogen-bond acceptors (Lipinski definition) is 3. The molecule has 0 aromatic heterocycles. The van der Waals surface area contributed by atoms with Gasteiger partial charge in [-0.3, -0.25) is 0 Å². The maximum Gasteiger partial charge on any atom is 0.240 e. The third-order valence-corrected chi connectivity index (χ3v) is 5.12. The predicted molar refractivity (Wildman–Crippen MR) is 79.9 cm³/mol. The number of benzene rings is 1. The van der Waals surface area contributed by atoms with E-state index in [9.17, 15) is 8.42 Å². The molecule has 0 amide bonds. The number of sulfonamides is 1. The molecule has 1 aliphatic heterocycles. The first-order chi connectivity index (χ1) is 8.49. The molecule has 1 aromatic carbocycles. The van der Waals surface area contributed by atoms with Crippen molar-refractivity contribution in [3.8, 4) is 0 Å². The van der Waals surface area contributed by atoms with E-state index >= 15 is 0 Å². The molecule has 0 bridgehead atoms. The Bertz CT molecular complexity index is 531. The van der Waals surface area contributed by atoms with Crippen LogP contribution in [0.25, 0.3) is 0 Å². The molecule has 108 valence electrons. The average molecular weight is 346 g/mol. The van der Waals surface area contributed by atoms with Crippen LogP contribution in [0.3, 0.4) is 0 Å². The summed E-state index contributed by atoms with van der Waals surface area (Å²) >= 11 is 11.6. The zero-order valence-electron chi connectivity index (χ0n) is 10.0. The minimum Gasteiger partial charge on any atom is -0.317 e. The van der Waals surface area contributed by atoms with Crippen molar-refractivity contribution in [3.05, 3.63) is 28.2 Å². The second kappa shape index (κ2) is 7.11. The number of rotatable bonds is 3. The number of hydrogen-bond donors (Lipinski definition) is 2. The van der Waals surface area contributed by atoms with E-state index in [2.05, 4.69) is 10.0 Å². The fourth-order valence-corrected chi connectivity index (χ4v) is 3.56. The predicted octanol–water partition coefficient (Wildman–Crippen LogP) is 2.45. The highest BCUT2D eigenvalue weighted by molar-refractivity contribution is 7.89. The Morgan fingerprint density at radius 3 is 2.37 bits per heavy atom. The molecule has 1 fully saturated rings. The molecule has 1 aliphatic rings. The summed E-state index contributed by atoms with van der Waals surface area (Å²) in [5.74, 6) is 0. The second-order valence-electron chi connectivity index (χ2n) is 4.22. The molecule has 1 saturated heterocycles. The molecule has 0 radical (unpaired) electrons. The van der Waals surface area contributed by atoms with E-state index in [0.717, 1.165) is 25.9 Å². The first kappa shape index (κ1) is 17.0. The maximum absolute atomic E-state index is 12.1. The quantitative estimate of drug-likeness (QED) is 0.884. The van der Waals surface area contributed by atoms with Gasteiger partial charge in [-0.05, 0) is 44.1 Å². The lowest BCUT2D eigenvalue weighted by Crippen LogP contribution is -2.42. The molecule has 0 saturated carbocycles. The topological polar surface area (TPSA) is 58.2 Å². The third kappa shape index (κ3) is 4.48. The minimum absolute atomic E-state index is 0. The largest absolute Gasteiger partial charge is 0.317 e. The van der Waals surface area contributed by atoms with Gasteiger partial charge < -0.3 is 5.32 Å². The summed E-state index contributed by atoms with van der Waals surface area (Å²) in [6.45, 7) is 1.66. The van der Waals surface area contributed by atoms with Crippen LogP contribution in [0.1, 0.15) is 12.8 Å². The van der Waals surface area contributed by atoms with Gasteiger partial charge in [0.25, 0.3) is 0 Å². The number of nitrogens with one attached hydrogen (secondary N) is 2. The summed E-state index contributed by atoms with van der Waals surface area (Å²) in [6.07, 6.45) is 1.58. The zero-order chi connectivity index (χ0) is 13.2.